The highest BCUT2D eigenvalue weighted by atomic mass is 32.2. The zero-order valence-electron chi connectivity index (χ0n) is 26.3. The van der Waals surface area contributed by atoms with Crippen molar-refractivity contribution in [1.82, 2.24) is 9.88 Å². The Morgan fingerprint density at radius 2 is 1.83 bits per heavy atom. The maximum atomic E-state index is 14.3. The van der Waals surface area contributed by atoms with Gasteiger partial charge in [0.2, 0.25) is 11.8 Å². The van der Waals surface area contributed by atoms with Crippen molar-refractivity contribution in [1.29, 1.82) is 0 Å². The number of rotatable bonds is 14. The summed E-state index contributed by atoms with van der Waals surface area (Å²) < 4.78 is 33.5. The lowest BCUT2D eigenvalue weighted by atomic mass is 10.1. The molecular weight excluding hydrogens is 605 g/mol. The number of nitrogens with two attached hydrogens (primary N) is 1. The van der Waals surface area contributed by atoms with E-state index in [1.165, 1.54) is 0 Å². The fourth-order valence-electron chi connectivity index (χ4n) is 5.01. The number of hydrogen-bond donors (Lipinski definition) is 3. The van der Waals surface area contributed by atoms with Crippen LogP contribution in [0.5, 0.6) is 5.75 Å². The van der Waals surface area contributed by atoms with E-state index in [0.29, 0.717) is 51.6 Å². The van der Waals surface area contributed by atoms with E-state index in [1.54, 1.807) is 48.3 Å². The van der Waals surface area contributed by atoms with Crippen LogP contribution >= 0.6 is 0 Å². The number of halogens is 1. The number of anilines is 3. The first-order valence-corrected chi connectivity index (χ1v) is 16.7. The van der Waals surface area contributed by atoms with Crippen LogP contribution in [0.15, 0.2) is 71.8 Å². The first kappa shape index (κ1) is 32.9. The largest absolute Gasteiger partial charge is 0.493 e. The number of benzene rings is 3. The number of aromatic nitrogens is 1. The summed E-state index contributed by atoms with van der Waals surface area (Å²) in [6.07, 6.45) is 3.66. The van der Waals surface area contributed by atoms with E-state index in [9.17, 15) is 18.2 Å². The number of carbonyl (C=O) groups is 2. The maximum Gasteiger partial charge on any atom is 0.241 e. The first-order chi connectivity index (χ1) is 22.1. The predicted octanol–water partition coefficient (Wildman–Crippen LogP) is 5.90. The second kappa shape index (κ2) is 14.7. The standard InChI is InChI=1S/C35H40FN5O4S/c1-22(2)21-45-31-7-5-4-6-23(31)8-15-33(42)40-26-10-14-32(46(44)27-11-12-27)24(16-26)20-41(3)34(43)19-38-25-9-13-28-29(17-25)30(36)18-39-35(28)37/h4-7,9-10,13-14,16-18,22,27,38H,8,11-12,15,19-21H2,1-3H3,(H2,37,39)(H,40,42). The molecule has 5 rings (SSSR count). The normalized spacial score (nSPS) is 13.4. The van der Waals surface area contributed by atoms with Gasteiger partial charge in [0, 0.05) is 52.3 Å². The highest BCUT2D eigenvalue weighted by Crippen LogP contribution is 2.33. The third kappa shape index (κ3) is 8.39. The Hall–Kier alpha value is -4.51. The number of hydrogen-bond acceptors (Lipinski definition) is 7. The van der Waals surface area contributed by atoms with Crippen molar-refractivity contribution in [3.63, 3.8) is 0 Å². The molecule has 0 bridgehead atoms. The molecule has 0 aliphatic heterocycles. The minimum atomic E-state index is -1.21. The minimum Gasteiger partial charge on any atom is -0.493 e. The molecule has 1 atom stereocenters. The van der Waals surface area contributed by atoms with Gasteiger partial charge in [-0.3, -0.25) is 13.8 Å². The lowest BCUT2D eigenvalue weighted by Gasteiger charge is -2.21. The van der Waals surface area contributed by atoms with E-state index in [1.807, 2.05) is 24.3 Å². The number of ether oxygens (including phenoxy) is 1. The maximum absolute atomic E-state index is 14.3. The van der Waals surface area contributed by atoms with Crippen LogP contribution in [0.2, 0.25) is 0 Å². The summed E-state index contributed by atoms with van der Waals surface area (Å²) in [7, 11) is 0.466. The Kier molecular flexibility index (Phi) is 10.5. The Balaban J connectivity index is 1.23. The number of nitrogens with zero attached hydrogens (tertiary/aromatic N) is 2. The van der Waals surface area contributed by atoms with Crippen LogP contribution in [-0.4, -0.2) is 51.4 Å². The van der Waals surface area contributed by atoms with E-state index >= 15 is 0 Å². The molecular formula is C35H40FN5O4S. The lowest BCUT2D eigenvalue weighted by molar-refractivity contribution is -0.128. The van der Waals surface area contributed by atoms with Crippen LogP contribution in [0.4, 0.5) is 21.6 Å². The molecule has 4 N–H and O–H groups in total. The zero-order chi connectivity index (χ0) is 32.8. The van der Waals surface area contributed by atoms with E-state index in [4.69, 9.17) is 10.5 Å². The SMILES string of the molecule is CC(C)COc1ccccc1CCC(=O)Nc1ccc(S(=O)C2CC2)c(CN(C)C(=O)CNc2ccc3c(N)ncc(F)c3c2)c1. The monoisotopic (exact) mass is 645 g/mol. The molecule has 1 unspecified atom stereocenters. The number of fused-ring (bicyclic) bond motifs is 1. The molecule has 11 heteroatoms. The molecule has 1 heterocycles. The first-order valence-electron chi connectivity index (χ1n) is 15.4. The molecule has 1 saturated carbocycles. The van der Waals surface area contributed by atoms with Crippen LogP contribution < -0.4 is 21.1 Å². The Morgan fingerprint density at radius 3 is 2.59 bits per heavy atom. The van der Waals surface area contributed by atoms with E-state index in [0.717, 1.165) is 30.4 Å². The van der Waals surface area contributed by atoms with Crippen LogP contribution in [-0.2, 0) is 33.4 Å². The smallest absolute Gasteiger partial charge is 0.241 e. The highest BCUT2D eigenvalue weighted by Gasteiger charge is 2.31. The van der Waals surface area contributed by atoms with Gasteiger partial charge in [-0.05, 0) is 78.8 Å². The molecule has 4 aromatic rings. The molecule has 9 nitrogen and oxygen atoms in total. The average molecular weight is 646 g/mol. The average Bonchev–Trinajstić information content (AvgIpc) is 3.89. The second-order valence-electron chi connectivity index (χ2n) is 12.0. The molecule has 46 heavy (non-hydrogen) atoms. The number of aryl methyl sites for hydroxylation is 1. The second-order valence-corrected chi connectivity index (χ2v) is 13.7. The molecule has 2 amide bonds. The molecule has 1 aliphatic rings. The Bertz CT molecular complexity index is 1760. The van der Waals surface area contributed by atoms with Crippen molar-refractivity contribution in [3.8, 4) is 5.75 Å². The molecule has 0 radical (unpaired) electrons. The zero-order valence-corrected chi connectivity index (χ0v) is 27.2. The van der Waals surface area contributed by atoms with Crippen molar-refractivity contribution < 1.29 is 22.9 Å². The fraction of sp³-hybridized carbons (Fsp3) is 0.343. The summed E-state index contributed by atoms with van der Waals surface area (Å²) in [5.41, 5.74) is 8.68. The molecule has 1 fully saturated rings. The van der Waals surface area contributed by atoms with Gasteiger partial charge in [-0.25, -0.2) is 9.37 Å². The third-order valence-electron chi connectivity index (χ3n) is 7.70. The number of pyridine rings is 1. The molecule has 1 aromatic heterocycles. The minimum absolute atomic E-state index is 0.0377. The van der Waals surface area contributed by atoms with Gasteiger partial charge in [0.15, 0.2) is 0 Å². The number of para-hydroxylation sites is 1. The van der Waals surface area contributed by atoms with Gasteiger partial charge in [-0.15, -0.1) is 0 Å². The van der Waals surface area contributed by atoms with E-state index in [2.05, 4.69) is 29.5 Å². The molecule has 242 valence electrons. The van der Waals surface area contributed by atoms with E-state index < -0.39 is 16.6 Å². The Morgan fingerprint density at radius 1 is 1.07 bits per heavy atom. The molecule has 0 saturated heterocycles. The van der Waals surface area contributed by atoms with Crippen LogP contribution in [0.25, 0.3) is 10.8 Å². The van der Waals surface area contributed by atoms with Gasteiger partial charge in [-0.1, -0.05) is 32.0 Å². The van der Waals surface area contributed by atoms with Crippen molar-refractivity contribution in [2.45, 2.75) is 56.2 Å². The Labute approximate surface area is 271 Å². The van der Waals surface area contributed by atoms with Crippen molar-refractivity contribution >= 4 is 50.6 Å². The summed E-state index contributed by atoms with van der Waals surface area (Å²) in [4.78, 5) is 32.1. The molecule has 1 aliphatic carbocycles. The third-order valence-corrected chi connectivity index (χ3v) is 9.61. The predicted molar refractivity (Wildman–Crippen MR) is 181 cm³/mol. The number of carbonyl (C=O) groups excluding carboxylic acids is 2. The van der Waals surface area contributed by atoms with Crippen molar-refractivity contribution in [2.75, 3.05) is 36.6 Å². The molecule has 3 aromatic carbocycles. The van der Waals surface area contributed by atoms with Gasteiger partial charge in [-0.2, -0.15) is 0 Å². The molecule has 0 spiro atoms. The van der Waals surface area contributed by atoms with Crippen molar-refractivity contribution in [2.24, 2.45) is 5.92 Å². The summed E-state index contributed by atoms with van der Waals surface area (Å²) >= 11 is 0. The van der Waals surface area contributed by atoms with Crippen LogP contribution in [0.1, 0.15) is 44.2 Å². The highest BCUT2D eigenvalue weighted by molar-refractivity contribution is 7.86. The van der Waals surface area contributed by atoms with Gasteiger partial charge in [0.25, 0.3) is 0 Å². The van der Waals surface area contributed by atoms with Gasteiger partial charge < -0.3 is 26.0 Å². The topological polar surface area (TPSA) is 127 Å². The van der Waals surface area contributed by atoms with Crippen LogP contribution in [0, 0.1) is 11.7 Å². The summed E-state index contributed by atoms with van der Waals surface area (Å²) in [5.74, 6) is 0.537. The van der Waals surface area contributed by atoms with Crippen molar-refractivity contribution in [3.05, 3.63) is 83.8 Å². The number of nitrogen functional groups attached to an aromatic ring is 1. The quantitative estimate of drug-likeness (QED) is 0.156. The fourth-order valence-corrected chi connectivity index (χ4v) is 6.52. The van der Waals surface area contributed by atoms with Crippen LogP contribution in [0.3, 0.4) is 0 Å². The number of likely N-dealkylation sites (N-methyl/N-ethyl adjacent to an activating group) is 1. The summed E-state index contributed by atoms with van der Waals surface area (Å²) in [6, 6.07) is 18.1. The van der Waals surface area contributed by atoms with Gasteiger partial charge in [0.1, 0.15) is 17.4 Å². The van der Waals surface area contributed by atoms with Gasteiger partial charge >= 0.3 is 0 Å². The summed E-state index contributed by atoms with van der Waals surface area (Å²) in [5, 5.41) is 6.94. The number of amides is 2. The summed E-state index contributed by atoms with van der Waals surface area (Å²) in [6.45, 7) is 4.94. The lowest BCUT2D eigenvalue weighted by Crippen LogP contribution is -2.32. The van der Waals surface area contributed by atoms with Gasteiger partial charge in [0.05, 0.1) is 30.1 Å². The van der Waals surface area contributed by atoms with E-state index in [-0.39, 0.29) is 42.4 Å². The number of nitrogens with one attached hydrogen (secondary N) is 2.